The van der Waals surface area contributed by atoms with Crippen molar-refractivity contribution in [2.45, 2.75) is 31.0 Å². The van der Waals surface area contributed by atoms with Crippen LogP contribution >= 0.6 is 15.9 Å². The number of rotatable bonds is 12. The first kappa shape index (κ1) is 28.4. The summed E-state index contributed by atoms with van der Waals surface area (Å²) in [6.45, 7) is 4.33. The molecule has 2 atom stereocenters. The summed E-state index contributed by atoms with van der Waals surface area (Å²) >= 11 is 3.57. The maximum Gasteiger partial charge on any atom is 0.266 e. The van der Waals surface area contributed by atoms with Crippen LogP contribution in [-0.4, -0.2) is 35.7 Å². The minimum absolute atomic E-state index is 0.0439. The van der Waals surface area contributed by atoms with E-state index in [-0.39, 0.29) is 25.5 Å². The van der Waals surface area contributed by atoms with E-state index in [1.54, 1.807) is 30.3 Å². The lowest BCUT2D eigenvalue weighted by Crippen LogP contribution is -2.52. The maximum atomic E-state index is 13.7. The zero-order chi connectivity index (χ0) is 27.8. The maximum absolute atomic E-state index is 13.7. The van der Waals surface area contributed by atoms with E-state index in [4.69, 9.17) is 19.6 Å². The Bertz CT molecular complexity index is 1350. The highest BCUT2D eigenvalue weighted by molar-refractivity contribution is 9.10. The highest BCUT2D eigenvalue weighted by Crippen LogP contribution is 2.44. The van der Waals surface area contributed by atoms with Gasteiger partial charge in [-0.3, -0.25) is 10.2 Å². The number of halogens is 3. The number of carbonyl (C=O) groups is 1. The van der Waals surface area contributed by atoms with E-state index in [0.717, 1.165) is 22.2 Å². The fourth-order valence-corrected chi connectivity index (χ4v) is 4.68. The Morgan fingerprint density at radius 1 is 1.15 bits per heavy atom. The predicted octanol–water partition coefficient (Wildman–Crippen LogP) is 5.14. The van der Waals surface area contributed by atoms with Crippen molar-refractivity contribution >= 4 is 27.7 Å². The van der Waals surface area contributed by atoms with E-state index < -0.39 is 29.2 Å². The minimum Gasteiger partial charge on any atom is -0.494 e. The van der Waals surface area contributed by atoms with E-state index in [0.29, 0.717) is 29.9 Å². The van der Waals surface area contributed by atoms with Crippen molar-refractivity contribution in [2.24, 2.45) is 4.99 Å². The normalized spacial score (nSPS) is 18.3. The number of benzene rings is 3. The summed E-state index contributed by atoms with van der Waals surface area (Å²) < 4.78 is 39.6. The third kappa shape index (κ3) is 6.52. The molecule has 0 saturated heterocycles. The Labute approximate surface area is 233 Å². The fraction of sp³-hybridized carbons (Fsp3) is 0.241. The number of hydrogen-bond donors (Lipinski definition) is 3. The summed E-state index contributed by atoms with van der Waals surface area (Å²) in [6, 6.07) is 18.0. The molecule has 10 heteroatoms. The Morgan fingerprint density at radius 3 is 2.62 bits per heavy atom. The number of aliphatic hydroxyl groups excluding tert-OH is 1. The zero-order valence-corrected chi connectivity index (χ0v) is 22.6. The standard InChI is InChI=1S/C29H28BrF2N3O4/c1-2-14-29(28(37)35-33-18-19-8-13-24(31)25(32)17-19)26(22-6-3-4-7-23(22)30)39-27(34-29)20-9-11-21(12-10-20)38-16-5-15-36/h2-4,6-13,17,26,33,36H,1,5,14-16,18H2,(H,35,37)/t26-,29-/m0/s1. The van der Waals surface area contributed by atoms with Gasteiger partial charge < -0.3 is 14.6 Å². The van der Waals surface area contributed by atoms with Gasteiger partial charge in [0.25, 0.3) is 5.91 Å². The molecule has 4 rings (SSSR count). The molecule has 0 spiro atoms. The molecule has 0 radical (unpaired) electrons. The lowest BCUT2D eigenvalue weighted by atomic mass is 9.84. The fourth-order valence-electron chi connectivity index (χ4n) is 4.18. The first-order valence-electron chi connectivity index (χ1n) is 12.3. The number of ether oxygens (including phenoxy) is 2. The van der Waals surface area contributed by atoms with Crippen LogP contribution in [0, 0.1) is 11.6 Å². The van der Waals surface area contributed by atoms with Crippen LogP contribution < -0.4 is 15.6 Å². The van der Waals surface area contributed by atoms with Crippen molar-refractivity contribution < 1.29 is 28.2 Å². The van der Waals surface area contributed by atoms with E-state index in [1.165, 1.54) is 6.07 Å². The van der Waals surface area contributed by atoms with E-state index in [1.807, 2.05) is 24.3 Å². The van der Waals surface area contributed by atoms with Crippen molar-refractivity contribution in [3.05, 3.63) is 112 Å². The quantitative estimate of drug-likeness (QED) is 0.152. The number of hydrogen-bond acceptors (Lipinski definition) is 6. The number of aliphatic hydroxyl groups is 1. The molecule has 0 bridgehead atoms. The Balaban J connectivity index is 1.62. The molecule has 1 aliphatic rings. The number of nitrogens with one attached hydrogen (secondary N) is 2. The molecule has 7 nitrogen and oxygen atoms in total. The second-order valence-corrected chi connectivity index (χ2v) is 9.71. The van der Waals surface area contributed by atoms with Crippen molar-refractivity contribution in [2.75, 3.05) is 13.2 Å². The van der Waals surface area contributed by atoms with Gasteiger partial charge in [0, 0.05) is 41.6 Å². The molecule has 0 aromatic heterocycles. The van der Waals surface area contributed by atoms with Crippen LogP contribution in [-0.2, 0) is 16.1 Å². The molecule has 1 amide bonds. The van der Waals surface area contributed by atoms with Gasteiger partial charge in [-0.1, -0.05) is 46.3 Å². The summed E-state index contributed by atoms with van der Waals surface area (Å²) in [6.07, 6.45) is 1.48. The molecule has 39 heavy (non-hydrogen) atoms. The summed E-state index contributed by atoms with van der Waals surface area (Å²) in [7, 11) is 0. The summed E-state index contributed by atoms with van der Waals surface area (Å²) in [5.41, 5.74) is 5.85. The molecule has 1 aliphatic heterocycles. The van der Waals surface area contributed by atoms with Crippen LogP contribution in [0.25, 0.3) is 0 Å². The third-order valence-electron chi connectivity index (χ3n) is 6.15. The molecular formula is C29H28BrF2N3O4. The van der Waals surface area contributed by atoms with Gasteiger partial charge in [0.1, 0.15) is 5.75 Å². The van der Waals surface area contributed by atoms with Gasteiger partial charge in [0.05, 0.1) is 6.61 Å². The largest absolute Gasteiger partial charge is 0.494 e. The predicted molar refractivity (Wildman–Crippen MR) is 147 cm³/mol. The van der Waals surface area contributed by atoms with Gasteiger partial charge in [0.15, 0.2) is 23.3 Å². The van der Waals surface area contributed by atoms with E-state index in [9.17, 15) is 13.6 Å². The smallest absolute Gasteiger partial charge is 0.266 e. The second kappa shape index (κ2) is 13.0. The van der Waals surface area contributed by atoms with Gasteiger partial charge in [-0.15, -0.1) is 6.58 Å². The Kier molecular flexibility index (Phi) is 9.45. The van der Waals surface area contributed by atoms with Crippen LogP contribution in [0.5, 0.6) is 5.75 Å². The minimum atomic E-state index is -1.42. The molecule has 0 fully saturated rings. The molecule has 0 saturated carbocycles. The van der Waals surface area contributed by atoms with Crippen LogP contribution in [0.4, 0.5) is 8.78 Å². The third-order valence-corrected chi connectivity index (χ3v) is 6.87. The topological polar surface area (TPSA) is 92.2 Å². The van der Waals surface area contributed by atoms with Crippen LogP contribution in [0.3, 0.4) is 0 Å². The lowest BCUT2D eigenvalue weighted by molar-refractivity contribution is -0.130. The monoisotopic (exact) mass is 599 g/mol. The average molecular weight is 600 g/mol. The Hall–Kier alpha value is -3.60. The summed E-state index contributed by atoms with van der Waals surface area (Å²) in [5, 5.41) is 8.95. The van der Waals surface area contributed by atoms with Gasteiger partial charge in [-0.05, 0) is 48.0 Å². The van der Waals surface area contributed by atoms with E-state index >= 15 is 0 Å². The molecule has 3 aromatic rings. The highest BCUT2D eigenvalue weighted by Gasteiger charge is 2.53. The van der Waals surface area contributed by atoms with E-state index in [2.05, 4.69) is 33.4 Å². The van der Waals surface area contributed by atoms with Crippen LogP contribution in [0.2, 0.25) is 0 Å². The van der Waals surface area contributed by atoms with Crippen molar-refractivity contribution in [3.8, 4) is 5.75 Å². The summed E-state index contributed by atoms with van der Waals surface area (Å²) in [4.78, 5) is 18.5. The molecular weight excluding hydrogens is 572 g/mol. The number of amides is 1. The number of hydrazine groups is 1. The first-order chi connectivity index (χ1) is 18.9. The molecule has 204 valence electrons. The number of carbonyl (C=O) groups excluding carboxylic acids is 1. The average Bonchev–Trinajstić information content (AvgIpc) is 3.32. The molecule has 0 aliphatic carbocycles. The van der Waals surface area contributed by atoms with Crippen LogP contribution in [0.1, 0.15) is 35.6 Å². The second-order valence-electron chi connectivity index (χ2n) is 8.86. The van der Waals surface area contributed by atoms with Crippen molar-refractivity contribution in [1.82, 2.24) is 10.9 Å². The van der Waals surface area contributed by atoms with Gasteiger partial charge >= 0.3 is 0 Å². The Morgan fingerprint density at radius 2 is 1.92 bits per heavy atom. The van der Waals surface area contributed by atoms with Crippen molar-refractivity contribution in [1.29, 1.82) is 0 Å². The molecule has 0 unspecified atom stereocenters. The van der Waals surface area contributed by atoms with Gasteiger partial charge in [0.2, 0.25) is 5.90 Å². The van der Waals surface area contributed by atoms with Gasteiger partial charge in [-0.2, -0.15) is 0 Å². The molecule has 1 heterocycles. The van der Waals surface area contributed by atoms with Crippen molar-refractivity contribution in [3.63, 3.8) is 0 Å². The van der Waals surface area contributed by atoms with Gasteiger partial charge in [-0.25, -0.2) is 19.2 Å². The number of nitrogens with zero attached hydrogens (tertiary/aromatic N) is 1. The van der Waals surface area contributed by atoms with Crippen LogP contribution in [0.15, 0.2) is 88.9 Å². The first-order valence-corrected chi connectivity index (χ1v) is 13.1. The molecule has 3 N–H and O–H groups in total. The lowest BCUT2D eigenvalue weighted by Gasteiger charge is -2.30. The zero-order valence-electron chi connectivity index (χ0n) is 21.0. The highest BCUT2D eigenvalue weighted by atomic mass is 79.9. The molecule has 3 aromatic carbocycles. The SMILES string of the molecule is C=CC[C@]1(C(=O)NNCc2ccc(F)c(F)c2)N=C(c2ccc(OCCCO)cc2)O[C@H]1c1ccccc1Br. The summed E-state index contributed by atoms with van der Waals surface area (Å²) in [5.74, 6) is -1.50. The number of aliphatic imine (C=N–C) groups is 1.